The van der Waals surface area contributed by atoms with Gasteiger partial charge in [-0.1, -0.05) is 19.6 Å². The highest BCUT2D eigenvalue weighted by Crippen LogP contribution is 2.34. The summed E-state index contributed by atoms with van der Waals surface area (Å²) in [7, 11) is 0. The van der Waals surface area contributed by atoms with Gasteiger partial charge in [-0.3, -0.25) is 18.9 Å². The smallest absolute Gasteiger partial charge is 0.219 e. The lowest BCUT2D eigenvalue weighted by molar-refractivity contribution is -0.130. The molecule has 0 N–H and O–H groups in total. The number of hydrogen-bond acceptors (Lipinski definition) is 6. The number of amides is 2. The minimum absolute atomic E-state index is 0. The lowest BCUT2D eigenvalue weighted by Crippen LogP contribution is -2.49. The number of nitriles is 1. The fourth-order valence-electron chi connectivity index (χ4n) is 5.58. The molecule has 2 saturated heterocycles. The third kappa shape index (κ3) is 4.86. The van der Waals surface area contributed by atoms with Crippen LogP contribution in [0, 0.1) is 18.3 Å². The van der Waals surface area contributed by atoms with Crippen molar-refractivity contribution in [2.45, 2.75) is 34.6 Å². The van der Waals surface area contributed by atoms with E-state index in [1.54, 1.807) is 13.8 Å². The molecular weight excluding hydrogens is 466 g/mol. The molecule has 3 aromatic rings. The minimum atomic E-state index is 0. The Morgan fingerprint density at radius 2 is 1.54 bits per heavy atom. The third-order valence-corrected chi connectivity index (χ3v) is 7.73. The number of nitrogens with zero attached hydrogens (tertiary/aromatic N) is 7. The van der Waals surface area contributed by atoms with E-state index in [0.717, 1.165) is 80.2 Å². The lowest BCUT2D eigenvalue weighted by Gasteiger charge is -2.38. The largest absolute Gasteiger partial charge is 0.354 e. The highest BCUT2D eigenvalue weighted by molar-refractivity contribution is 5.86. The minimum Gasteiger partial charge on any atom is -0.354 e. The molecule has 0 radical (unpaired) electrons. The zero-order valence-corrected chi connectivity index (χ0v) is 21.3. The van der Waals surface area contributed by atoms with Crippen molar-refractivity contribution in [3.63, 3.8) is 0 Å². The van der Waals surface area contributed by atoms with Crippen LogP contribution in [-0.2, 0) is 16.0 Å². The molecule has 0 aliphatic carbocycles. The van der Waals surface area contributed by atoms with Crippen LogP contribution in [0.25, 0.3) is 16.7 Å². The van der Waals surface area contributed by atoms with Crippen LogP contribution >= 0.6 is 0 Å². The van der Waals surface area contributed by atoms with Crippen LogP contribution in [0.4, 0.5) is 5.82 Å². The van der Waals surface area contributed by atoms with E-state index < -0.39 is 0 Å². The Bertz CT molecular complexity index is 1360. The molecule has 0 atom stereocenters. The Balaban J connectivity index is 0.00000320. The molecule has 37 heavy (non-hydrogen) atoms. The zero-order chi connectivity index (χ0) is 25.4. The van der Waals surface area contributed by atoms with Crippen LogP contribution in [0.2, 0.25) is 0 Å². The van der Waals surface area contributed by atoms with Crippen LogP contribution < -0.4 is 4.90 Å². The Morgan fingerprint density at radius 1 is 0.946 bits per heavy atom. The number of carbonyl (C=O) groups is 2. The maximum absolute atomic E-state index is 12.0. The number of fused-ring (bicyclic) bond motifs is 3. The van der Waals surface area contributed by atoms with Crippen LogP contribution in [-0.4, -0.2) is 94.8 Å². The number of pyridine rings is 1. The van der Waals surface area contributed by atoms with E-state index in [1.165, 1.54) is 0 Å². The first-order valence-electron chi connectivity index (χ1n) is 12.7. The second-order valence-electron chi connectivity index (χ2n) is 9.76. The maximum Gasteiger partial charge on any atom is 0.219 e. The predicted octanol–water partition coefficient (Wildman–Crippen LogP) is 2.68. The standard InChI is InChI=1S/C27H33N7O2.CH4/c1-19-22(8-9-30-10-12-31(13-11-30)20(2)35)27(33-16-14-32(15-17-33)21(3)36)34-25-7-5-4-6-24(25)29-26(34)23(19)18-28;/h4-7H,8-17H2,1-3H3;1H4. The van der Waals surface area contributed by atoms with E-state index in [9.17, 15) is 14.9 Å². The Hall–Kier alpha value is -3.64. The van der Waals surface area contributed by atoms with E-state index in [1.807, 2.05) is 34.9 Å². The molecule has 5 rings (SSSR count). The van der Waals surface area contributed by atoms with E-state index >= 15 is 0 Å². The summed E-state index contributed by atoms with van der Waals surface area (Å²) in [6, 6.07) is 10.5. The molecule has 4 heterocycles. The van der Waals surface area contributed by atoms with Gasteiger partial charge in [-0.15, -0.1) is 0 Å². The molecule has 9 nitrogen and oxygen atoms in total. The SMILES string of the molecule is C.CC(=O)N1CCN(CCc2c(C)c(C#N)c3nc4ccccc4n3c2N2CCN(C(C)=O)CC2)CC1. The molecule has 2 aliphatic rings. The van der Waals surface area contributed by atoms with Crippen molar-refractivity contribution in [3.05, 3.63) is 41.0 Å². The quantitative estimate of drug-likeness (QED) is 0.544. The maximum atomic E-state index is 12.0. The highest BCUT2D eigenvalue weighted by atomic mass is 16.2. The number of piperazine rings is 2. The molecule has 0 spiro atoms. The van der Waals surface area contributed by atoms with Gasteiger partial charge in [0.1, 0.15) is 11.9 Å². The molecule has 1 aromatic carbocycles. The second kappa shape index (κ2) is 10.8. The summed E-state index contributed by atoms with van der Waals surface area (Å²) in [6.07, 6.45) is 0.797. The van der Waals surface area contributed by atoms with Gasteiger partial charge in [0.2, 0.25) is 11.8 Å². The van der Waals surface area contributed by atoms with Crippen molar-refractivity contribution < 1.29 is 9.59 Å². The molecule has 196 valence electrons. The number of carbonyl (C=O) groups excluding carboxylic acids is 2. The summed E-state index contributed by atoms with van der Waals surface area (Å²) >= 11 is 0. The van der Waals surface area contributed by atoms with Gasteiger partial charge < -0.3 is 14.7 Å². The number of aromatic nitrogens is 2. The zero-order valence-electron chi connectivity index (χ0n) is 21.3. The molecule has 0 saturated carbocycles. The summed E-state index contributed by atoms with van der Waals surface area (Å²) in [6.45, 7) is 12.2. The van der Waals surface area contributed by atoms with Gasteiger partial charge in [-0.25, -0.2) is 4.98 Å². The normalized spacial score (nSPS) is 16.6. The van der Waals surface area contributed by atoms with Crippen molar-refractivity contribution in [1.29, 1.82) is 5.26 Å². The van der Waals surface area contributed by atoms with E-state index in [-0.39, 0.29) is 19.2 Å². The van der Waals surface area contributed by atoms with Crippen LogP contribution in [0.3, 0.4) is 0 Å². The van der Waals surface area contributed by atoms with Gasteiger partial charge in [-0.2, -0.15) is 5.26 Å². The number of rotatable bonds is 4. The van der Waals surface area contributed by atoms with Gasteiger partial charge in [-0.05, 0) is 36.6 Å². The average Bonchev–Trinajstić information content (AvgIpc) is 3.26. The van der Waals surface area contributed by atoms with Gasteiger partial charge in [0.15, 0.2) is 5.65 Å². The molecule has 2 aliphatic heterocycles. The van der Waals surface area contributed by atoms with Crippen molar-refractivity contribution in [3.8, 4) is 6.07 Å². The van der Waals surface area contributed by atoms with Gasteiger partial charge in [0, 0.05) is 72.8 Å². The first-order chi connectivity index (χ1) is 17.4. The monoisotopic (exact) mass is 503 g/mol. The molecule has 2 aromatic heterocycles. The van der Waals surface area contributed by atoms with Gasteiger partial charge in [0.25, 0.3) is 0 Å². The summed E-state index contributed by atoms with van der Waals surface area (Å²) in [4.78, 5) is 37.1. The number of anilines is 1. The molecule has 2 amide bonds. The van der Waals surface area contributed by atoms with Crippen LogP contribution in [0.5, 0.6) is 0 Å². The molecule has 2 fully saturated rings. The number of imidazole rings is 1. The van der Waals surface area contributed by atoms with Crippen molar-refractivity contribution >= 4 is 34.3 Å². The third-order valence-electron chi connectivity index (χ3n) is 7.73. The molecule has 0 bridgehead atoms. The average molecular weight is 504 g/mol. The topological polar surface area (TPSA) is 88.2 Å². The van der Waals surface area contributed by atoms with E-state index in [2.05, 4.69) is 26.3 Å². The van der Waals surface area contributed by atoms with Gasteiger partial charge >= 0.3 is 0 Å². The predicted molar refractivity (Wildman–Crippen MR) is 146 cm³/mol. The van der Waals surface area contributed by atoms with Gasteiger partial charge in [0.05, 0.1) is 16.6 Å². The second-order valence-corrected chi connectivity index (χ2v) is 9.76. The fraction of sp³-hybridized carbons (Fsp3) is 0.500. The van der Waals surface area contributed by atoms with Crippen LogP contribution in [0.1, 0.15) is 38.0 Å². The fourth-order valence-corrected chi connectivity index (χ4v) is 5.58. The van der Waals surface area contributed by atoms with Crippen molar-refractivity contribution in [1.82, 2.24) is 24.1 Å². The van der Waals surface area contributed by atoms with Crippen molar-refractivity contribution in [2.24, 2.45) is 0 Å². The summed E-state index contributed by atoms with van der Waals surface area (Å²) in [5.41, 5.74) is 5.31. The Morgan fingerprint density at radius 3 is 2.14 bits per heavy atom. The van der Waals surface area contributed by atoms with Crippen molar-refractivity contribution in [2.75, 3.05) is 63.8 Å². The molecule has 0 unspecified atom stereocenters. The Labute approximate surface area is 218 Å². The van der Waals surface area contributed by atoms with E-state index in [0.29, 0.717) is 24.3 Å². The highest BCUT2D eigenvalue weighted by Gasteiger charge is 2.28. The molecular formula is C28H37N7O2. The van der Waals surface area contributed by atoms with Crippen LogP contribution in [0.15, 0.2) is 24.3 Å². The Kier molecular flexibility index (Phi) is 7.69. The number of hydrogen-bond donors (Lipinski definition) is 0. The molecule has 9 heteroatoms. The first-order valence-corrected chi connectivity index (χ1v) is 12.7. The number of para-hydroxylation sites is 2. The lowest BCUT2D eigenvalue weighted by atomic mass is 10.0. The summed E-state index contributed by atoms with van der Waals surface area (Å²) in [5.74, 6) is 1.32. The van der Waals surface area contributed by atoms with E-state index in [4.69, 9.17) is 4.98 Å². The summed E-state index contributed by atoms with van der Waals surface area (Å²) < 4.78 is 2.16. The first kappa shape index (κ1) is 26.4. The summed E-state index contributed by atoms with van der Waals surface area (Å²) in [5, 5.41) is 10.2. The number of benzene rings is 1.